The minimum atomic E-state index is 0.139. The molecule has 3 aromatic rings. The van der Waals surface area contributed by atoms with Gasteiger partial charge in [0.05, 0.1) is 6.04 Å². The van der Waals surface area contributed by atoms with Crippen LogP contribution in [0.3, 0.4) is 0 Å². The molecular weight excluding hydrogens is 268 g/mol. The molecule has 21 heavy (non-hydrogen) atoms. The number of hydrogen-bond acceptors (Lipinski definition) is 6. The van der Waals surface area contributed by atoms with Crippen molar-refractivity contribution in [2.45, 2.75) is 25.8 Å². The molecule has 0 radical (unpaired) electrons. The molecule has 0 spiro atoms. The first-order valence-electron chi connectivity index (χ1n) is 7.04. The van der Waals surface area contributed by atoms with Crippen LogP contribution in [0, 0.1) is 12.8 Å². The number of rotatable bonds is 4. The van der Waals surface area contributed by atoms with Gasteiger partial charge in [-0.05, 0) is 18.8 Å². The van der Waals surface area contributed by atoms with Crippen LogP contribution in [-0.4, -0.2) is 24.5 Å². The summed E-state index contributed by atoms with van der Waals surface area (Å²) in [5.74, 6) is 2.90. The van der Waals surface area contributed by atoms with E-state index in [4.69, 9.17) is 4.42 Å². The Kier molecular flexibility index (Phi) is 2.66. The summed E-state index contributed by atoms with van der Waals surface area (Å²) in [4.78, 5) is 17.3. The predicted molar refractivity (Wildman–Crippen MR) is 76.6 cm³/mol. The molecule has 1 aliphatic carbocycles. The molecule has 7 nitrogen and oxygen atoms in total. The second kappa shape index (κ2) is 4.54. The fourth-order valence-electron chi connectivity index (χ4n) is 2.61. The molecule has 0 bridgehead atoms. The van der Waals surface area contributed by atoms with Gasteiger partial charge in [-0.2, -0.15) is 4.98 Å². The van der Waals surface area contributed by atoms with Crippen molar-refractivity contribution in [2.75, 3.05) is 5.32 Å². The Hall–Kier alpha value is -2.44. The lowest BCUT2D eigenvalue weighted by molar-refractivity contribution is 0.551. The molecule has 1 N–H and O–H groups in total. The number of imidazole rings is 1. The highest BCUT2D eigenvalue weighted by atomic mass is 16.4. The molecular formula is C14H16N6O. The fraction of sp³-hybridized carbons (Fsp3) is 0.429. The van der Waals surface area contributed by atoms with Crippen molar-refractivity contribution in [3.63, 3.8) is 0 Å². The molecule has 3 aromatic heterocycles. The van der Waals surface area contributed by atoms with E-state index in [0.29, 0.717) is 28.9 Å². The average Bonchev–Trinajstić information content (AvgIpc) is 3.10. The monoisotopic (exact) mass is 284 g/mol. The van der Waals surface area contributed by atoms with Crippen LogP contribution in [0.4, 0.5) is 5.82 Å². The molecule has 1 fully saturated rings. The van der Waals surface area contributed by atoms with Gasteiger partial charge in [0.25, 0.3) is 5.71 Å². The van der Waals surface area contributed by atoms with E-state index < -0.39 is 0 Å². The molecule has 1 aliphatic rings. The maximum atomic E-state index is 5.46. The van der Waals surface area contributed by atoms with Crippen molar-refractivity contribution in [2.24, 2.45) is 13.0 Å². The number of nitrogens with zero attached hydrogens (tertiary/aromatic N) is 5. The largest absolute Gasteiger partial charge is 0.422 e. The van der Waals surface area contributed by atoms with Crippen LogP contribution in [0.1, 0.15) is 30.6 Å². The minimum absolute atomic E-state index is 0.139. The summed E-state index contributed by atoms with van der Waals surface area (Å²) in [7, 11) is 2.01. The van der Waals surface area contributed by atoms with Gasteiger partial charge in [0.2, 0.25) is 0 Å². The lowest BCUT2D eigenvalue weighted by atomic mass is 10.1. The fourth-order valence-corrected chi connectivity index (χ4v) is 2.61. The Morgan fingerprint density at radius 1 is 1.33 bits per heavy atom. The van der Waals surface area contributed by atoms with Gasteiger partial charge in [-0.1, -0.05) is 0 Å². The van der Waals surface area contributed by atoms with E-state index in [-0.39, 0.29) is 6.04 Å². The first-order chi connectivity index (χ1) is 10.2. The topological polar surface area (TPSA) is 81.7 Å². The normalized spacial score (nSPS) is 16.3. The standard InChI is InChI=1S/C14H16N6O/c1-8-18-11-12(16-7-17-14(11)21-8)19-10(9-3-4-9)13-15-5-6-20(13)2/h5-7,9-10H,3-4H2,1-2H3,(H,16,17,19). The van der Waals surface area contributed by atoms with Crippen LogP contribution in [0.2, 0.25) is 0 Å². The molecule has 4 rings (SSSR count). The Bertz CT molecular complexity index is 788. The Balaban J connectivity index is 1.73. The summed E-state index contributed by atoms with van der Waals surface area (Å²) in [6.45, 7) is 1.81. The van der Waals surface area contributed by atoms with E-state index in [1.54, 1.807) is 0 Å². The summed E-state index contributed by atoms with van der Waals surface area (Å²) in [5.41, 5.74) is 1.19. The third-order valence-corrected chi connectivity index (χ3v) is 3.82. The van der Waals surface area contributed by atoms with Crippen molar-refractivity contribution in [1.29, 1.82) is 0 Å². The van der Waals surface area contributed by atoms with Crippen LogP contribution in [0.25, 0.3) is 11.2 Å². The second-order valence-corrected chi connectivity index (χ2v) is 5.46. The zero-order valence-corrected chi connectivity index (χ0v) is 11.9. The Morgan fingerprint density at radius 2 is 2.19 bits per heavy atom. The number of hydrogen-bond donors (Lipinski definition) is 1. The van der Waals surface area contributed by atoms with Gasteiger partial charge >= 0.3 is 0 Å². The highest BCUT2D eigenvalue weighted by Gasteiger charge is 2.35. The summed E-state index contributed by atoms with van der Waals surface area (Å²) >= 11 is 0. The molecule has 1 saturated carbocycles. The Labute approximate surface area is 121 Å². The van der Waals surface area contributed by atoms with Gasteiger partial charge in [-0.25, -0.2) is 15.0 Å². The van der Waals surface area contributed by atoms with Gasteiger partial charge in [0.15, 0.2) is 17.2 Å². The molecule has 0 amide bonds. The molecule has 3 heterocycles. The van der Waals surface area contributed by atoms with E-state index in [9.17, 15) is 0 Å². The van der Waals surface area contributed by atoms with Gasteiger partial charge in [-0.15, -0.1) is 0 Å². The molecule has 0 saturated heterocycles. The molecule has 108 valence electrons. The lowest BCUT2D eigenvalue weighted by Gasteiger charge is -2.18. The smallest absolute Gasteiger partial charge is 0.252 e. The zero-order chi connectivity index (χ0) is 14.4. The van der Waals surface area contributed by atoms with Gasteiger partial charge in [-0.3, -0.25) is 0 Å². The lowest BCUT2D eigenvalue weighted by Crippen LogP contribution is -2.18. The zero-order valence-electron chi connectivity index (χ0n) is 11.9. The SMILES string of the molecule is Cc1nc2c(NC(c3nccn3C)C3CC3)ncnc2o1. The third-order valence-electron chi connectivity index (χ3n) is 3.82. The van der Waals surface area contributed by atoms with Gasteiger partial charge < -0.3 is 14.3 Å². The van der Waals surface area contributed by atoms with Crippen LogP contribution >= 0.6 is 0 Å². The minimum Gasteiger partial charge on any atom is -0.422 e. The van der Waals surface area contributed by atoms with Crippen LogP contribution in [0.15, 0.2) is 23.1 Å². The molecule has 1 atom stereocenters. The van der Waals surface area contributed by atoms with Crippen molar-refractivity contribution in [3.05, 3.63) is 30.4 Å². The van der Waals surface area contributed by atoms with E-state index in [1.165, 1.54) is 19.2 Å². The number of nitrogens with one attached hydrogen (secondary N) is 1. The Morgan fingerprint density at radius 3 is 2.90 bits per heavy atom. The first kappa shape index (κ1) is 12.3. The van der Waals surface area contributed by atoms with Crippen LogP contribution in [0.5, 0.6) is 0 Å². The predicted octanol–water partition coefficient (Wildman–Crippen LogP) is 2.22. The number of aromatic nitrogens is 5. The van der Waals surface area contributed by atoms with Crippen molar-refractivity contribution in [3.8, 4) is 0 Å². The van der Waals surface area contributed by atoms with E-state index in [1.807, 2.05) is 30.9 Å². The maximum Gasteiger partial charge on any atom is 0.252 e. The molecule has 1 unspecified atom stereocenters. The summed E-state index contributed by atoms with van der Waals surface area (Å²) in [5, 5.41) is 3.48. The highest BCUT2D eigenvalue weighted by Crippen LogP contribution is 2.42. The first-order valence-corrected chi connectivity index (χ1v) is 7.04. The van der Waals surface area contributed by atoms with Crippen LogP contribution < -0.4 is 5.32 Å². The average molecular weight is 284 g/mol. The van der Waals surface area contributed by atoms with E-state index in [2.05, 4.69) is 25.3 Å². The summed E-state index contributed by atoms with van der Waals surface area (Å²) in [6, 6.07) is 0.139. The van der Waals surface area contributed by atoms with Crippen molar-refractivity contribution < 1.29 is 4.42 Å². The van der Waals surface area contributed by atoms with Gasteiger partial charge in [0, 0.05) is 26.4 Å². The quantitative estimate of drug-likeness (QED) is 0.791. The molecule has 7 heteroatoms. The number of oxazole rings is 1. The number of aryl methyl sites for hydroxylation is 2. The van der Waals surface area contributed by atoms with Crippen molar-refractivity contribution >= 4 is 17.0 Å². The number of fused-ring (bicyclic) bond motifs is 1. The second-order valence-electron chi connectivity index (χ2n) is 5.46. The van der Waals surface area contributed by atoms with Crippen LogP contribution in [-0.2, 0) is 7.05 Å². The maximum absolute atomic E-state index is 5.46. The van der Waals surface area contributed by atoms with E-state index in [0.717, 1.165) is 5.82 Å². The van der Waals surface area contributed by atoms with Crippen molar-refractivity contribution in [1.82, 2.24) is 24.5 Å². The molecule has 0 aromatic carbocycles. The molecule has 0 aliphatic heterocycles. The summed E-state index contributed by atoms with van der Waals surface area (Å²) < 4.78 is 7.50. The third kappa shape index (κ3) is 2.14. The van der Waals surface area contributed by atoms with Gasteiger partial charge in [0.1, 0.15) is 12.2 Å². The number of anilines is 1. The summed E-state index contributed by atoms with van der Waals surface area (Å²) in [6.07, 6.45) is 7.69. The van der Waals surface area contributed by atoms with E-state index >= 15 is 0 Å². The highest BCUT2D eigenvalue weighted by molar-refractivity contribution is 5.81.